The Morgan fingerprint density at radius 3 is 2.44 bits per heavy atom. The molecule has 0 saturated heterocycles. The van der Waals surface area contributed by atoms with E-state index in [4.69, 9.17) is 5.73 Å². The van der Waals surface area contributed by atoms with Gasteiger partial charge in [-0.3, -0.25) is 0 Å². The van der Waals surface area contributed by atoms with E-state index in [0.29, 0.717) is 5.92 Å². The summed E-state index contributed by atoms with van der Waals surface area (Å²) in [6, 6.07) is 6.63. The van der Waals surface area contributed by atoms with Gasteiger partial charge in [-0.15, -0.1) is 0 Å². The van der Waals surface area contributed by atoms with Gasteiger partial charge in [0.05, 0.1) is 0 Å². The zero-order chi connectivity index (χ0) is 11.5. The van der Waals surface area contributed by atoms with Gasteiger partial charge in [0, 0.05) is 6.04 Å². The van der Waals surface area contributed by atoms with Crippen molar-refractivity contribution in [2.45, 2.75) is 38.6 Å². The van der Waals surface area contributed by atoms with Crippen LogP contribution in [0.5, 0.6) is 0 Å². The van der Waals surface area contributed by atoms with Crippen molar-refractivity contribution >= 4 is 0 Å². The van der Waals surface area contributed by atoms with Crippen molar-refractivity contribution < 1.29 is 4.39 Å². The van der Waals surface area contributed by atoms with Crippen LogP contribution in [0.25, 0.3) is 0 Å². The summed E-state index contributed by atoms with van der Waals surface area (Å²) in [4.78, 5) is 0. The summed E-state index contributed by atoms with van der Waals surface area (Å²) in [5.41, 5.74) is 7.24. The molecule has 1 unspecified atom stereocenters. The first-order valence-electron chi connectivity index (χ1n) is 6.18. The average molecular weight is 221 g/mol. The standard InChI is InChI=1S/C14H20FN/c1-10(9-11-3-2-4-11)14(16)12-5-7-13(15)8-6-12/h5-8,10-11,14H,2-4,9,16H2,1H3/t10?,14-/m1/s1. The predicted molar refractivity (Wildman–Crippen MR) is 64.5 cm³/mol. The van der Waals surface area contributed by atoms with Gasteiger partial charge >= 0.3 is 0 Å². The van der Waals surface area contributed by atoms with Gasteiger partial charge in [0.2, 0.25) is 0 Å². The van der Waals surface area contributed by atoms with Gasteiger partial charge in [-0.05, 0) is 36.0 Å². The maximum absolute atomic E-state index is 12.8. The summed E-state index contributed by atoms with van der Waals surface area (Å²) < 4.78 is 12.8. The number of rotatable bonds is 4. The second-order valence-corrected chi connectivity index (χ2v) is 5.09. The van der Waals surface area contributed by atoms with E-state index in [2.05, 4.69) is 6.92 Å². The van der Waals surface area contributed by atoms with E-state index in [1.807, 2.05) is 0 Å². The molecule has 0 bridgehead atoms. The van der Waals surface area contributed by atoms with Crippen LogP contribution in [0.2, 0.25) is 0 Å². The topological polar surface area (TPSA) is 26.0 Å². The number of hydrogen-bond acceptors (Lipinski definition) is 1. The van der Waals surface area contributed by atoms with Gasteiger partial charge in [-0.1, -0.05) is 38.3 Å². The molecule has 1 saturated carbocycles. The summed E-state index contributed by atoms with van der Waals surface area (Å²) in [5, 5.41) is 0. The number of nitrogens with two attached hydrogens (primary N) is 1. The first-order valence-corrected chi connectivity index (χ1v) is 6.18. The van der Waals surface area contributed by atoms with Crippen molar-refractivity contribution in [2.24, 2.45) is 17.6 Å². The molecule has 1 aliphatic carbocycles. The van der Waals surface area contributed by atoms with Gasteiger partial charge in [-0.2, -0.15) is 0 Å². The maximum Gasteiger partial charge on any atom is 0.123 e. The Labute approximate surface area is 96.9 Å². The highest BCUT2D eigenvalue weighted by molar-refractivity contribution is 5.20. The highest BCUT2D eigenvalue weighted by Gasteiger charge is 2.23. The monoisotopic (exact) mass is 221 g/mol. The average Bonchev–Trinajstić information content (AvgIpc) is 2.23. The van der Waals surface area contributed by atoms with Gasteiger partial charge in [-0.25, -0.2) is 4.39 Å². The van der Waals surface area contributed by atoms with Crippen LogP contribution in [0.4, 0.5) is 4.39 Å². The molecule has 0 aromatic heterocycles. The highest BCUT2D eigenvalue weighted by atomic mass is 19.1. The van der Waals surface area contributed by atoms with E-state index in [0.717, 1.165) is 11.5 Å². The summed E-state index contributed by atoms with van der Waals surface area (Å²) in [5.74, 6) is 1.17. The summed E-state index contributed by atoms with van der Waals surface area (Å²) >= 11 is 0. The zero-order valence-corrected chi connectivity index (χ0v) is 9.83. The third kappa shape index (κ3) is 2.62. The number of hydrogen-bond donors (Lipinski definition) is 1. The summed E-state index contributed by atoms with van der Waals surface area (Å²) in [7, 11) is 0. The van der Waals surface area contributed by atoms with Crippen molar-refractivity contribution in [3.8, 4) is 0 Å². The molecule has 88 valence electrons. The second-order valence-electron chi connectivity index (χ2n) is 5.09. The van der Waals surface area contributed by atoms with E-state index in [9.17, 15) is 4.39 Å². The molecule has 16 heavy (non-hydrogen) atoms. The molecular formula is C14H20FN. The van der Waals surface area contributed by atoms with E-state index >= 15 is 0 Å². The molecule has 2 rings (SSSR count). The molecule has 0 radical (unpaired) electrons. The van der Waals surface area contributed by atoms with Crippen LogP contribution in [0.3, 0.4) is 0 Å². The van der Waals surface area contributed by atoms with Crippen molar-refractivity contribution in [2.75, 3.05) is 0 Å². The summed E-state index contributed by atoms with van der Waals surface area (Å²) in [6.45, 7) is 2.20. The zero-order valence-electron chi connectivity index (χ0n) is 9.83. The first kappa shape index (κ1) is 11.6. The Morgan fingerprint density at radius 2 is 1.94 bits per heavy atom. The highest BCUT2D eigenvalue weighted by Crippen LogP contribution is 2.35. The molecule has 1 aromatic rings. The van der Waals surface area contributed by atoms with Gasteiger partial charge < -0.3 is 5.73 Å². The predicted octanol–water partition coefficient (Wildman–Crippen LogP) is 3.65. The fraction of sp³-hybridized carbons (Fsp3) is 0.571. The molecule has 1 fully saturated rings. The molecule has 2 N–H and O–H groups in total. The molecular weight excluding hydrogens is 201 g/mol. The lowest BCUT2D eigenvalue weighted by Gasteiger charge is -2.30. The largest absolute Gasteiger partial charge is 0.324 e. The van der Waals surface area contributed by atoms with Crippen LogP contribution in [-0.4, -0.2) is 0 Å². The third-order valence-electron chi connectivity index (χ3n) is 3.80. The number of halogens is 1. The van der Waals surface area contributed by atoms with Crippen LogP contribution >= 0.6 is 0 Å². The molecule has 1 aromatic carbocycles. The van der Waals surface area contributed by atoms with Gasteiger partial charge in [0.1, 0.15) is 5.82 Å². The van der Waals surface area contributed by atoms with Crippen LogP contribution < -0.4 is 5.73 Å². The molecule has 2 atom stereocenters. The SMILES string of the molecule is CC(CC1CCC1)[C@@H](N)c1ccc(F)cc1. The summed E-state index contributed by atoms with van der Waals surface area (Å²) in [6.07, 6.45) is 5.31. The molecule has 0 amide bonds. The van der Waals surface area contributed by atoms with Crippen LogP contribution in [-0.2, 0) is 0 Å². The fourth-order valence-corrected chi connectivity index (χ4v) is 2.41. The van der Waals surface area contributed by atoms with Crippen LogP contribution in [0, 0.1) is 17.7 Å². The van der Waals surface area contributed by atoms with E-state index in [1.54, 1.807) is 12.1 Å². The molecule has 0 spiro atoms. The Balaban J connectivity index is 1.94. The quantitative estimate of drug-likeness (QED) is 0.825. The first-order chi connectivity index (χ1) is 7.66. The third-order valence-corrected chi connectivity index (χ3v) is 3.80. The number of benzene rings is 1. The Kier molecular flexibility index (Phi) is 3.59. The molecule has 1 nitrogen and oxygen atoms in total. The minimum atomic E-state index is -0.192. The van der Waals surface area contributed by atoms with E-state index in [-0.39, 0.29) is 11.9 Å². The smallest absolute Gasteiger partial charge is 0.123 e. The minimum absolute atomic E-state index is 0.0428. The van der Waals surface area contributed by atoms with E-state index < -0.39 is 0 Å². The van der Waals surface area contributed by atoms with Gasteiger partial charge in [0.25, 0.3) is 0 Å². The van der Waals surface area contributed by atoms with Gasteiger partial charge in [0.15, 0.2) is 0 Å². The fourth-order valence-electron chi connectivity index (χ4n) is 2.41. The normalized spacial score (nSPS) is 20.2. The minimum Gasteiger partial charge on any atom is -0.324 e. The Morgan fingerprint density at radius 1 is 1.31 bits per heavy atom. The lowest BCUT2D eigenvalue weighted by Crippen LogP contribution is -2.24. The Bertz CT molecular complexity index is 329. The van der Waals surface area contributed by atoms with Crippen LogP contribution in [0.1, 0.15) is 44.2 Å². The molecule has 0 heterocycles. The molecule has 1 aliphatic rings. The van der Waals surface area contributed by atoms with Crippen LogP contribution in [0.15, 0.2) is 24.3 Å². The molecule has 0 aliphatic heterocycles. The lowest BCUT2D eigenvalue weighted by molar-refractivity contribution is 0.240. The van der Waals surface area contributed by atoms with E-state index in [1.165, 1.54) is 37.8 Å². The van der Waals surface area contributed by atoms with Crippen molar-refractivity contribution in [3.63, 3.8) is 0 Å². The van der Waals surface area contributed by atoms with Crippen molar-refractivity contribution in [1.29, 1.82) is 0 Å². The van der Waals surface area contributed by atoms with Crippen molar-refractivity contribution in [1.82, 2.24) is 0 Å². The second kappa shape index (κ2) is 4.96. The van der Waals surface area contributed by atoms with Crippen molar-refractivity contribution in [3.05, 3.63) is 35.6 Å². The lowest BCUT2D eigenvalue weighted by atomic mass is 9.77. The molecule has 2 heteroatoms. The maximum atomic E-state index is 12.8. The Hall–Kier alpha value is -0.890.